The van der Waals surface area contributed by atoms with Crippen molar-refractivity contribution in [3.63, 3.8) is 0 Å². The van der Waals surface area contributed by atoms with Crippen LogP contribution in [-0.2, 0) is 0 Å². The summed E-state index contributed by atoms with van der Waals surface area (Å²) in [7, 11) is 0. The van der Waals surface area contributed by atoms with Crippen LogP contribution in [0.1, 0.15) is 0 Å². The lowest BCUT2D eigenvalue weighted by Crippen LogP contribution is -1.97. The Hall–Kier alpha value is -0.980. The zero-order valence-electron chi connectivity index (χ0n) is 6.20. The fourth-order valence-electron chi connectivity index (χ4n) is 0.676. The molecular weight excluding hydrogens is 304 g/mol. The van der Waals surface area contributed by atoms with Crippen LogP contribution in [0.4, 0.5) is 17.3 Å². The molecule has 1 rings (SSSR count). The van der Waals surface area contributed by atoms with Crippen molar-refractivity contribution in [3.8, 4) is 0 Å². The van der Waals surface area contributed by atoms with E-state index in [1.54, 1.807) is 0 Å². The van der Waals surface area contributed by atoms with Gasteiger partial charge in [0.25, 0.3) is 0 Å². The van der Waals surface area contributed by atoms with Gasteiger partial charge in [-0.2, -0.15) is 0 Å². The monoisotopic (exact) mass is 306 g/mol. The van der Waals surface area contributed by atoms with Gasteiger partial charge in [0, 0.05) is 4.91 Å². The van der Waals surface area contributed by atoms with Crippen LogP contribution in [0, 0.1) is 0 Å². The lowest BCUT2D eigenvalue weighted by molar-refractivity contribution is 1.24. The highest BCUT2D eigenvalue weighted by Crippen LogP contribution is 2.37. The van der Waals surface area contributed by atoms with Crippen molar-refractivity contribution in [2.24, 2.45) is 5.11 Å². The van der Waals surface area contributed by atoms with Crippen molar-refractivity contribution < 1.29 is 0 Å². The minimum absolute atomic E-state index is 0.126. The minimum Gasteiger partial charge on any atom is -0.397 e. The predicted octanol–water partition coefficient (Wildman–Crippen LogP) is 2.71. The molecule has 0 bridgehead atoms. The molecule has 0 radical (unpaired) electrons. The molecule has 0 aliphatic carbocycles. The Balaban J connectivity index is 3.49. The highest BCUT2D eigenvalue weighted by Gasteiger charge is 2.10. The normalized spacial score (nSPS) is 9.38. The van der Waals surface area contributed by atoms with Gasteiger partial charge in [0.15, 0.2) is 0 Å². The maximum atomic E-state index is 8.20. The second-order valence-electron chi connectivity index (χ2n) is 2.05. The van der Waals surface area contributed by atoms with E-state index in [1.807, 2.05) is 0 Å². The molecule has 0 saturated heterocycles. The van der Waals surface area contributed by atoms with Crippen LogP contribution in [0.25, 0.3) is 10.4 Å². The predicted molar refractivity (Wildman–Crippen MR) is 57.3 cm³/mol. The number of halogens is 2. The number of aromatic nitrogens is 1. The van der Waals surface area contributed by atoms with Crippen molar-refractivity contribution >= 4 is 49.2 Å². The molecule has 0 spiro atoms. The summed E-state index contributed by atoms with van der Waals surface area (Å²) >= 11 is 6.27. The first-order valence-corrected chi connectivity index (χ1v) is 4.61. The van der Waals surface area contributed by atoms with Gasteiger partial charge in [0.1, 0.15) is 11.6 Å². The lowest BCUT2D eigenvalue weighted by atomic mass is 10.4. The first kappa shape index (κ1) is 10.1. The molecule has 13 heavy (non-hydrogen) atoms. The van der Waals surface area contributed by atoms with Gasteiger partial charge in [-0.3, -0.25) is 0 Å². The largest absolute Gasteiger partial charge is 0.397 e. The highest BCUT2D eigenvalue weighted by atomic mass is 79.9. The van der Waals surface area contributed by atoms with Crippen molar-refractivity contribution in [2.75, 3.05) is 11.5 Å². The van der Waals surface area contributed by atoms with Gasteiger partial charge >= 0.3 is 0 Å². The van der Waals surface area contributed by atoms with Crippen LogP contribution in [0.15, 0.2) is 14.1 Å². The minimum atomic E-state index is 0.126. The lowest BCUT2D eigenvalue weighted by Gasteiger charge is -2.05. The average molecular weight is 308 g/mol. The number of azide groups is 1. The van der Waals surface area contributed by atoms with Crippen LogP contribution in [0.5, 0.6) is 0 Å². The second-order valence-corrected chi connectivity index (χ2v) is 3.64. The van der Waals surface area contributed by atoms with E-state index in [0.29, 0.717) is 14.6 Å². The van der Waals surface area contributed by atoms with Gasteiger partial charge in [-0.1, -0.05) is 0 Å². The molecule has 1 aromatic heterocycles. The van der Waals surface area contributed by atoms with Crippen LogP contribution in [-0.4, -0.2) is 4.98 Å². The topological polar surface area (TPSA) is 114 Å². The van der Waals surface area contributed by atoms with Crippen LogP contribution in [0.3, 0.4) is 0 Å². The molecule has 0 amide bonds. The summed E-state index contributed by atoms with van der Waals surface area (Å²) in [6, 6.07) is 0. The number of nitrogen functional groups attached to an aromatic ring is 2. The van der Waals surface area contributed by atoms with Gasteiger partial charge in [-0.25, -0.2) is 4.98 Å². The molecule has 0 atom stereocenters. The summed E-state index contributed by atoms with van der Waals surface area (Å²) in [5.41, 5.74) is 19.7. The average Bonchev–Trinajstić information content (AvgIpc) is 2.11. The Labute approximate surface area is 90.2 Å². The first-order valence-electron chi connectivity index (χ1n) is 3.03. The number of anilines is 2. The molecule has 0 aliphatic rings. The van der Waals surface area contributed by atoms with E-state index in [4.69, 9.17) is 17.0 Å². The Morgan fingerprint density at radius 1 is 1.31 bits per heavy atom. The summed E-state index contributed by atoms with van der Waals surface area (Å²) in [6.07, 6.45) is 0. The van der Waals surface area contributed by atoms with Gasteiger partial charge in [0.2, 0.25) is 0 Å². The fraction of sp³-hybridized carbons (Fsp3) is 0. The molecule has 0 saturated carbocycles. The second kappa shape index (κ2) is 3.82. The summed E-state index contributed by atoms with van der Waals surface area (Å²) in [4.78, 5) is 6.39. The summed E-state index contributed by atoms with van der Waals surface area (Å²) < 4.78 is 0.905. The van der Waals surface area contributed by atoms with Crippen molar-refractivity contribution in [3.05, 3.63) is 19.4 Å². The smallest absolute Gasteiger partial charge is 0.145 e. The zero-order valence-corrected chi connectivity index (χ0v) is 9.37. The number of pyridine rings is 1. The first-order chi connectivity index (χ1) is 6.07. The van der Waals surface area contributed by atoms with Gasteiger partial charge < -0.3 is 11.5 Å². The van der Waals surface area contributed by atoms with Gasteiger partial charge in [-0.15, -0.1) is 0 Å². The molecule has 1 aromatic rings. The van der Waals surface area contributed by atoms with E-state index in [-0.39, 0.29) is 11.6 Å². The van der Waals surface area contributed by atoms with Crippen molar-refractivity contribution in [1.29, 1.82) is 0 Å². The van der Waals surface area contributed by atoms with Gasteiger partial charge in [0.05, 0.1) is 14.6 Å². The summed E-state index contributed by atoms with van der Waals surface area (Å²) in [5.74, 6) is 0.309. The molecule has 6 nitrogen and oxygen atoms in total. The molecule has 0 fully saturated rings. The molecule has 68 valence electrons. The maximum absolute atomic E-state index is 8.20. The third kappa shape index (κ3) is 1.85. The quantitative estimate of drug-likeness (QED) is 0.472. The van der Waals surface area contributed by atoms with E-state index in [1.165, 1.54) is 0 Å². The molecule has 0 unspecified atom stereocenters. The highest BCUT2D eigenvalue weighted by molar-refractivity contribution is 9.11. The molecular formula is C5H4Br2N6. The number of rotatable bonds is 1. The summed E-state index contributed by atoms with van der Waals surface area (Å²) in [6.45, 7) is 0. The summed E-state index contributed by atoms with van der Waals surface area (Å²) in [5, 5.41) is 3.31. The van der Waals surface area contributed by atoms with Gasteiger partial charge in [-0.05, 0) is 42.5 Å². The van der Waals surface area contributed by atoms with E-state index in [0.717, 1.165) is 0 Å². The molecule has 0 aromatic carbocycles. The Morgan fingerprint density at radius 2 is 1.92 bits per heavy atom. The third-order valence-corrected chi connectivity index (χ3v) is 2.88. The van der Waals surface area contributed by atoms with Crippen LogP contribution >= 0.6 is 31.9 Å². The number of nitrogens with zero attached hydrogens (tertiary/aromatic N) is 4. The molecule has 8 heteroatoms. The van der Waals surface area contributed by atoms with E-state index in [9.17, 15) is 0 Å². The number of hydrogen-bond donors (Lipinski definition) is 2. The van der Waals surface area contributed by atoms with Crippen LogP contribution in [0.2, 0.25) is 0 Å². The molecule has 4 N–H and O–H groups in total. The zero-order chi connectivity index (χ0) is 10.0. The van der Waals surface area contributed by atoms with Crippen molar-refractivity contribution in [1.82, 2.24) is 4.98 Å². The standard InChI is InChI=1S/C5H4Br2N6/c6-1-3(8)2(7)5(12-13-10)11-4(1)9/h(H4,8,9,11). The number of hydrogen-bond acceptors (Lipinski definition) is 4. The van der Waals surface area contributed by atoms with E-state index >= 15 is 0 Å². The molecule has 0 aliphatic heterocycles. The molecule has 1 heterocycles. The van der Waals surface area contributed by atoms with Crippen molar-refractivity contribution in [2.45, 2.75) is 0 Å². The fourth-order valence-corrected chi connectivity index (χ4v) is 1.59. The SMILES string of the molecule is [N-]=[N+]=Nc1nc(N)c(Br)c(N)c1Br. The van der Waals surface area contributed by atoms with E-state index < -0.39 is 0 Å². The van der Waals surface area contributed by atoms with Crippen LogP contribution < -0.4 is 11.5 Å². The Kier molecular flexibility index (Phi) is 2.97. The van der Waals surface area contributed by atoms with E-state index in [2.05, 4.69) is 46.9 Å². The Morgan fingerprint density at radius 3 is 2.46 bits per heavy atom. The third-order valence-electron chi connectivity index (χ3n) is 1.26. The number of nitrogens with two attached hydrogens (primary N) is 2. The maximum Gasteiger partial charge on any atom is 0.145 e. The Bertz CT molecular complexity index is 397.